The number of morpholine rings is 1. The number of aromatic nitrogens is 1. The number of para-hydroxylation sites is 1. The number of thiazole rings is 1. The van der Waals surface area contributed by atoms with Crippen LogP contribution in [-0.4, -0.2) is 50.3 Å². The SMILES string of the molecule is O=C(C1CCCCC1)N(CC[NH+]1CCOCC1)c1nc2c(F)cccc2s1. The Morgan fingerprint density at radius 2 is 2.04 bits per heavy atom. The number of carbonyl (C=O) groups is 1. The Kier molecular flexibility index (Phi) is 6.00. The van der Waals surface area contributed by atoms with Crippen molar-refractivity contribution >= 4 is 32.6 Å². The maximum atomic E-state index is 14.1. The fourth-order valence-electron chi connectivity index (χ4n) is 4.07. The number of amides is 1. The lowest BCUT2D eigenvalue weighted by Gasteiger charge is -2.30. The number of anilines is 1. The first-order valence-electron chi connectivity index (χ1n) is 10.00. The summed E-state index contributed by atoms with van der Waals surface area (Å²) in [6.45, 7) is 5.00. The number of carbonyl (C=O) groups excluding carboxylic acids is 1. The molecule has 27 heavy (non-hydrogen) atoms. The van der Waals surface area contributed by atoms with Crippen molar-refractivity contribution in [2.45, 2.75) is 32.1 Å². The van der Waals surface area contributed by atoms with Crippen molar-refractivity contribution < 1.29 is 18.8 Å². The van der Waals surface area contributed by atoms with Crippen LogP contribution in [0.3, 0.4) is 0 Å². The number of quaternary nitrogens is 1. The normalized spacial score (nSPS) is 19.4. The number of hydrogen-bond donors (Lipinski definition) is 1. The third kappa shape index (κ3) is 4.31. The topological polar surface area (TPSA) is 46.9 Å². The summed E-state index contributed by atoms with van der Waals surface area (Å²) in [6, 6.07) is 5.00. The molecule has 0 unspecified atom stereocenters. The number of hydrogen-bond acceptors (Lipinski definition) is 4. The molecule has 5 nitrogen and oxygen atoms in total. The van der Waals surface area contributed by atoms with Gasteiger partial charge in [-0.2, -0.15) is 0 Å². The van der Waals surface area contributed by atoms with Gasteiger partial charge >= 0.3 is 0 Å². The number of fused-ring (bicyclic) bond motifs is 1. The molecule has 0 atom stereocenters. The van der Waals surface area contributed by atoms with Crippen LogP contribution < -0.4 is 9.80 Å². The number of benzene rings is 1. The van der Waals surface area contributed by atoms with Crippen molar-refractivity contribution in [3.8, 4) is 0 Å². The second-order valence-corrected chi connectivity index (χ2v) is 8.53. The molecule has 0 spiro atoms. The van der Waals surface area contributed by atoms with Gasteiger partial charge in [0, 0.05) is 5.92 Å². The fourth-order valence-corrected chi connectivity index (χ4v) is 5.08. The highest BCUT2D eigenvalue weighted by Gasteiger charge is 2.30. The molecule has 1 aliphatic heterocycles. The summed E-state index contributed by atoms with van der Waals surface area (Å²) in [6.07, 6.45) is 5.37. The van der Waals surface area contributed by atoms with Crippen LogP contribution >= 0.6 is 11.3 Å². The predicted molar refractivity (Wildman–Crippen MR) is 105 cm³/mol. The molecule has 0 radical (unpaired) electrons. The standard InChI is InChI=1S/C20H26FN3O2S/c21-16-7-4-8-17-18(16)22-20(27-17)24(10-9-23-11-13-26-14-12-23)19(25)15-5-2-1-3-6-15/h4,7-8,15H,1-3,5-6,9-14H2/p+1. The summed E-state index contributed by atoms with van der Waals surface area (Å²) in [5.41, 5.74) is 0.373. The monoisotopic (exact) mass is 392 g/mol. The van der Waals surface area contributed by atoms with E-state index in [0.29, 0.717) is 17.2 Å². The molecule has 7 heteroatoms. The Morgan fingerprint density at radius 1 is 1.26 bits per heavy atom. The van der Waals surface area contributed by atoms with E-state index < -0.39 is 0 Å². The first-order valence-corrected chi connectivity index (χ1v) is 10.8. The van der Waals surface area contributed by atoms with Gasteiger partial charge in [0.1, 0.15) is 24.4 Å². The van der Waals surface area contributed by atoms with E-state index in [4.69, 9.17) is 4.74 Å². The highest BCUT2D eigenvalue weighted by Crippen LogP contribution is 2.33. The lowest BCUT2D eigenvalue weighted by atomic mass is 9.88. The molecule has 1 aromatic heterocycles. The minimum absolute atomic E-state index is 0.0790. The van der Waals surface area contributed by atoms with Crippen LogP contribution in [0.15, 0.2) is 18.2 Å². The molecular weight excluding hydrogens is 365 g/mol. The van der Waals surface area contributed by atoms with Crippen molar-refractivity contribution in [3.05, 3.63) is 24.0 Å². The number of ether oxygens (including phenoxy) is 1. The molecule has 0 bridgehead atoms. The average Bonchev–Trinajstić information content (AvgIpc) is 3.15. The summed E-state index contributed by atoms with van der Waals surface area (Å²) in [4.78, 5) is 21.1. The third-order valence-electron chi connectivity index (χ3n) is 5.70. The van der Waals surface area contributed by atoms with Gasteiger partial charge in [0.2, 0.25) is 5.91 Å². The second kappa shape index (κ2) is 8.63. The Balaban J connectivity index is 1.57. The highest BCUT2D eigenvalue weighted by molar-refractivity contribution is 7.22. The Hall–Kier alpha value is -1.57. The Labute approximate surface area is 163 Å². The van der Waals surface area contributed by atoms with Gasteiger partial charge < -0.3 is 9.64 Å². The molecule has 2 heterocycles. The molecule has 2 aliphatic rings. The summed E-state index contributed by atoms with van der Waals surface area (Å²) in [5.74, 6) is -0.0732. The molecule has 1 saturated heterocycles. The first kappa shape index (κ1) is 18.8. The minimum Gasteiger partial charge on any atom is -0.370 e. The van der Waals surface area contributed by atoms with Gasteiger partial charge in [-0.1, -0.05) is 36.7 Å². The van der Waals surface area contributed by atoms with Crippen LogP contribution in [0.4, 0.5) is 9.52 Å². The molecule has 1 saturated carbocycles. The van der Waals surface area contributed by atoms with Crippen molar-refractivity contribution in [1.82, 2.24) is 4.98 Å². The molecule has 2 fully saturated rings. The second-order valence-electron chi connectivity index (χ2n) is 7.52. The molecule has 1 aliphatic carbocycles. The van der Waals surface area contributed by atoms with E-state index in [1.165, 1.54) is 28.7 Å². The van der Waals surface area contributed by atoms with Crippen LogP contribution in [0.25, 0.3) is 10.2 Å². The fraction of sp³-hybridized carbons (Fsp3) is 0.600. The lowest BCUT2D eigenvalue weighted by molar-refractivity contribution is -0.906. The van der Waals surface area contributed by atoms with Crippen molar-refractivity contribution in [2.24, 2.45) is 5.92 Å². The minimum atomic E-state index is -0.320. The molecule has 2 aromatic rings. The largest absolute Gasteiger partial charge is 0.370 e. The predicted octanol–water partition coefficient (Wildman–Crippen LogP) is 2.26. The van der Waals surface area contributed by atoms with Crippen LogP contribution in [0.2, 0.25) is 0 Å². The van der Waals surface area contributed by atoms with Crippen LogP contribution in [-0.2, 0) is 9.53 Å². The van der Waals surface area contributed by atoms with E-state index in [2.05, 4.69) is 4.98 Å². The van der Waals surface area contributed by atoms with E-state index >= 15 is 0 Å². The zero-order chi connectivity index (χ0) is 18.6. The third-order valence-corrected chi connectivity index (χ3v) is 6.74. The average molecular weight is 393 g/mol. The summed E-state index contributed by atoms with van der Waals surface area (Å²) in [7, 11) is 0. The Morgan fingerprint density at radius 3 is 2.78 bits per heavy atom. The number of nitrogens with one attached hydrogen (secondary N) is 1. The van der Waals surface area contributed by atoms with Gasteiger partial charge in [0.05, 0.1) is 31.0 Å². The van der Waals surface area contributed by atoms with Gasteiger partial charge in [-0.3, -0.25) is 9.69 Å². The molecule has 1 amide bonds. The highest BCUT2D eigenvalue weighted by atomic mass is 32.1. The van der Waals surface area contributed by atoms with E-state index in [1.54, 1.807) is 6.07 Å². The van der Waals surface area contributed by atoms with Gasteiger partial charge in [0.15, 0.2) is 5.13 Å². The quantitative estimate of drug-likeness (QED) is 0.849. The lowest BCUT2D eigenvalue weighted by Crippen LogP contribution is -3.14. The smallest absolute Gasteiger partial charge is 0.232 e. The Bertz CT molecular complexity index is 785. The maximum Gasteiger partial charge on any atom is 0.232 e. The molecule has 4 rings (SSSR count). The van der Waals surface area contributed by atoms with Crippen molar-refractivity contribution in [3.63, 3.8) is 0 Å². The van der Waals surface area contributed by atoms with Crippen LogP contribution in [0, 0.1) is 11.7 Å². The van der Waals surface area contributed by atoms with Gasteiger partial charge in [0.25, 0.3) is 0 Å². The number of nitrogens with zero attached hydrogens (tertiary/aromatic N) is 2. The zero-order valence-electron chi connectivity index (χ0n) is 15.6. The van der Waals surface area contributed by atoms with E-state index in [-0.39, 0.29) is 17.6 Å². The zero-order valence-corrected chi connectivity index (χ0v) is 16.4. The van der Waals surface area contributed by atoms with Gasteiger partial charge in [-0.25, -0.2) is 9.37 Å². The number of rotatable bonds is 5. The van der Waals surface area contributed by atoms with Crippen molar-refractivity contribution in [1.29, 1.82) is 0 Å². The number of halogens is 1. The molecular formula is C20H27FN3O2S+. The summed E-state index contributed by atoms with van der Waals surface area (Å²) < 4.78 is 20.3. The van der Waals surface area contributed by atoms with E-state index in [9.17, 15) is 9.18 Å². The maximum absolute atomic E-state index is 14.1. The van der Waals surface area contributed by atoms with Gasteiger partial charge in [-0.15, -0.1) is 0 Å². The molecule has 146 valence electrons. The van der Waals surface area contributed by atoms with Crippen LogP contribution in [0.5, 0.6) is 0 Å². The van der Waals surface area contributed by atoms with Crippen molar-refractivity contribution in [2.75, 3.05) is 44.3 Å². The van der Waals surface area contributed by atoms with E-state index in [1.807, 2.05) is 11.0 Å². The van der Waals surface area contributed by atoms with Crippen LogP contribution in [0.1, 0.15) is 32.1 Å². The summed E-state index contributed by atoms with van der Waals surface area (Å²) >= 11 is 1.42. The molecule has 1 aromatic carbocycles. The first-order chi connectivity index (χ1) is 13.2. The molecule has 1 N–H and O–H groups in total. The van der Waals surface area contributed by atoms with E-state index in [0.717, 1.165) is 63.2 Å². The summed E-state index contributed by atoms with van der Waals surface area (Å²) in [5, 5.41) is 0.637. The van der Waals surface area contributed by atoms with Gasteiger partial charge in [-0.05, 0) is 25.0 Å².